The van der Waals surface area contributed by atoms with Gasteiger partial charge in [0.1, 0.15) is 6.61 Å². The van der Waals surface area contributed by atoms with Crippen LogP contribution >= 0.6 is 7.82 Å². The number of ether oxygens (including phenoxy) is 2. The van der Waals surface area contributed by atoms with Crippen molar-refractivity contribution in [3.63, 3.8) is 0 Å². The van der Waals surface area contributed by atoms with Crippen molar-refractivity contribution in [1.29, 1.82) is 0 Å². The van der Waals surface area contributed by atoms with Gasteiger partial charge in [-0.15, -0.1) is 0 Å². The predicted octanol–water partition coefficient (Wildman–Crippen LogP) is 8.32. The van der Waals surface area contributed by atoms with Crippen molar-refractivity contribution in [3.8, 4) is 0 Å². The molecule has 0 aliphatic carbocycles. The van der Waals surface area contributed by atoms with E-state index in [1.165, 1.54) is 64.2 Å². The van der Waals surface area contributed by atoms with E-state index in [0.717, 1.165) is 44.9 Å². The average Bonchev–Trinajstić information content (AvgIpc) is 2.97. The minimum atomic E-state index is -4.36. The number of phosphoric ester groups is 1. The van der Waals surface area contributed by atoms with Crippen molar-refractivity contribution in [2.45, 2.75) is 155 Å². The number of hydrogen-bond donors (Lipinski definition) is 2. The van der Waals surface area contributed by atoms with Crippen LogP contribution in [0.4, 0.5) is 0 Å². The zero-order valence-electron chi connectivity index (χ0n) is 26.7. The molecule has 0 aromatic heterocycles. The summed E-state index contributed by atoms with van der Waals surface area (Å²) in [6, 6.07) is 0. The summed E-state index contributed by atoms with van der Waals surface area (Å²) in [5, 5.41) is 0. The first-order chi connectivity index (χ1) is 20.3. The van der Waals surface area contributed by atoms with E-state index >= 15 is 0 Å². The fourth-order valence-corrected chi connectivity index (χ4v) is 5.16. The molecule has 0 spiro atoms. The summed E-state index contributed by atoms with van der Waals surface area (Å²) in [7, 11) is -4.36. The molecule has 0 amide bonds. The lowest BCUT2D eigenvalue weighted by molar-refractivity contribution is -0.161. The van der Waals surface area contributed by atoms with Gasteiger partial charge in [-0.3, -0.25) is 18.6 Å². The largest absolute Gasteiger partial charge is 0.472 e. The smallest absolute Gasteiger partial charge is 0.462 e. The topological polar surface area (TPSA) is 134 Å². The highest BCUT2D eigenvalue weighted by Crippen LogP contribution is 2.43. The van der Waals surface area contributed by atoms with Crippen LogP contribution < -0.4 is 5.73 Å². The van der Waals surface area contributed by atoms with Crippen LogP contribution in [0.5, 0.6) is 0 Å². The number of allylic oxidation sites excluding steroid dienone is 2. The van der Waals surface area contributed by atoms with E-state index in [9.17, 15) is 19.0 Å². The van der Waals surface area contributed by atoms with Gasteiger partial charge in [0.25, 0.3) is 0 Å². The van der Waals surface area contributed by atoms with E-state index in [1.54, 1.807) is 0 Å². The average molecular weight is 620 g/mol. The van der Waals surface area contributed by atoms with Crippen LogP contribution in [0.2, 0.25) is 0 Å². The molecule has 0 fully saturated rings. The van der Waals surface area contributed by atoms with Crippen molar-refractivity contribution in [2.24, 2.45) is 5.73 Å². The summed E-state index contributed by atoms with van der Waals surface area (Å²) < 4.78 is 32.4. The van der Waals surface area contributed by atoms with E-state index < -0.39 is 32.5 Å². The molecule has 0 aromatic rings. The van der Waals surface area contributed by atoms with E-state index in [-0.39, 0.29) is 32.6 Å². The highest BCUT2D eigenvalue weighted by Gasteiger charge is 2.25. The third-order valence-corrected chi connectivity index (χ3v) is 7.89. The summed E-state index contributed by atoms with van der Waals surface area (Å²) in [6.07, 6.45) is 25.4. The first kappa shape index (κ1) is 40.8. The number of phosphoric acid groups is 1. The molecule has 248 valence electrons. The molecule has 0 heterocycles. The Morgan fingerprint density at radius 2 is 1.17 bits per heavy atom. The Balaban J connectivity index is 4.28. The maximum atomic E-state index is 12.4. The van der Waals surface area contributed by atoms with Gasteiger partial charge in [-0.2, -0.15) is 0 Å². The van der Waals surface area contributed by atoms with Crippen molar-refractivity contribution in [2.75, 3.05) is 26.4 Å². The van der Waals surface area contributed by atoms with Gasteiger partial charge in [-0.05, 0) is 38.5 Å². The van der Waals surface area contributed by atoms with Gasteiger partial charge in [0, 0.05) is 19.4 Å². The summed E-state index contributed by atoms with van der Waals surface area (Å²) in [6.45, 7) is 3.65. The summed E-state index contributed by atoms with van der Waals surface area (Å²) in [4.78, 5) is 34.4. The minimum absolute atomic E-state index is 0.0536. The molecule has 0 radical (unpaired) electrons. The molecule has 0 aromatic carbocycles. The van der Waals surface area contributed by atoms with Gasteiger partial charge < -0.3 is 20.1 Å². The standard InChI is InChI=1S/C32H62NO8P/c1-3-5-7-9-11-13-14-15-16-17-19-20-22-24-31(34)38-28-30(29-40-42(36,37)39-27-26-33)41-32(35)25-23-21-18-12-10-8-6-4-2/h15-16,30H,3-14,17-29,33H2,1-2H3,(H,36,37)/b16-15+/t30-/m0/s1. The Labute approximate surface area is 256 Å². The van der Waals surface area contributed by atoms with Gasteiger partial charge in [0.15, 0.2) is 6.10 Å². The second-order valence-electron chi connectivity index (χ2n) is 11.0. The molecule has 0 rings (SSSR count). The van der Waals surface area contributed by atoms with Crippen molar-refractivity contribution < 1.29 is 37.6 Å². The van der Waals surface area contributed by atoms with Crippen molar-refractivity contribution in [3.05, 3.63) is 12.2 Å². The van der Waals surface area contributed by atoms with E-state index in [0.29, 0.717) is 12.8 Å². The van der Waals surface area contributed by atoms with Crippen molar-refractivity contribution in [1.82, 2.24) is 0 Å². The third kappa shape index (κ3) is 28.9. The van der Waals surface area contributed by atoms with E-state index in [1.807, 2.05) is 0 Å². The van der Waals surface area contributed by atoms with Crippen molar-refractivity contribution >= 4 is 19.8 Å². The number of carbonyl (C=O) groups excluding carboxylic acids is 2. The van der Waals surface area contributed by atoms with E-state index in [2.05, 4.69) is 26.0 Å². The lowest BCUT2D eigenvalue weighted by Crippen LogP contribution is -2.29. The lowest BCUT2D eigenvalue weighted by atomic mass is 10.1. The molecule has 42 heavy (non-hydrogen) atoms. The molecule has 3 N–H and O–H groups in total. The molecule has 0 aliphatic heterocycles. The second-order valence-corrected chi connectivity index (χ2v) is 12.5. The van der Waals surface area contributed by atoms with Gasteiger partial charge >= 0.3 is 19.8 Å². The molecule has 2 atom stereocenters. The Bertz CT molecular complexity index is 719. The molecular weight excluding hydrogens is 557 g/mol. The fraction of sp³-hybridized carbons (Fsp3) is 0.875. The molecule has 9 nitrogen and oxygen atoms in total. The molecule has 0 saturated heterocycles. The SMILES string of the molecule is CCCCCCCC/C=C/CCCCCC(=O)OC[C@@H](COP(=O)(O)OCCN)OC(=O)CCCCCCCCCC. The van der Waals surface area contributed by atoms with Gasteiger partial charge in [0.2, 0.25) is 0 Å². The number of rotatable bonds is 31. The van der Waals surface area contributed by atoms with Crippen LogP contribution in [0.1, 0.15) is 149 Å². The quantitative estimate of drug-likeness (QED) is 0.0340. The number of nitrogens with two attached hydrogens (primary N) is 1. The van der Waals surface area contributed by atoms with Crippen LogP contribution in [0.25, 0.3) is 0 Å². The Kier molecular flexibility index (Phi) is 28.9. The maximum absolute atomic E-state index is 12.4. The molecule has 0 aliphatic rings. The number of carbonyl (C=O) groups is 2. The highest BCUT2D eigenvalue weighted by molar-refractivity contribution is 7.47. The van der Waals surface area contributed by atoms with Crippen LogP contribution in [0.3, 0.4) is 0 Å². The molecule has 1 unspecified atom stereocenters. The van der Waals surface area contributed by atoms with Gasteiger partial charge in [-0.1, -0.05) is 109 Å². The van der Waals surface area contributed by atoms with Crippen LogP contribution in [-0.4, -0.2) is 49.3 Å². The van der Waals surface area contributed by atoms with Gasteiger partial charge in [0.05, 0.1) is 13.2 Å². The normalized spacial score (nSPS) is 13.7. The zero-order chi connectivity index (χ0) is 31.2. The molecule has 0 bridgehead atoms. The van der Waals surface area contributed by atoms with Crippen LogP contribution in [0, 0.1) is 0 Å². The van der Waals surface area contributed by atoms with Crippen LogP contribution in [-0.2, 0) is 32.7 Å². The highest BCUT2D eigenvalue weighted by atomic mass is 31.2. The molecular formula is C32H62NO8P. The summed E-state index contributed by atoms with van der Waals surface area (Å²) >= 11 is 0. The Morgan fingerprint density at radius 3 is 1.71 bits per heavy atom. The summed E-state index contributed by atoms with van der Waals surface area (Å²) in [5.41, 5.74) is 5.30. The Morgan fingerprint density at radius 1 is 0.690 bits per heavy atom. The lowest BCUT2D eigenvalue weighted by Gasteiger charge is -2.19. The van der Waals surface area contributed by atoms with Crippen LogP contribution in [0.15, 0.2) is 12.2 Å². The van der Waals surface area contributed by atoms with E-state index in [4.69, 9.17) is 24.3 Å². The number of esters is 2. The summed E-state index contributed by atoms with van der Waals surface area (Å²) in [5.74, 6) is -0.852. The first-order valence-corrected chi connectivity index (χ1v) is 18.2. The van der Waals surface area contributed by atoms with Gasteiger partial charge in [-0.25, -0.2) is 4.57 Å². The first-order valence-electron chi connectivity index (χ1n) is 16.7. The molecule has 0 saturated carbocycles. The predicted molar refractivity (Wildman–Crippen MR) is 169 cm³/mol. The minimum Gasteiger partial charge on any atom is -0.462 e. The fourth-order valence-electron chi connectivity index (χ4n) is 4.39. The second kappa shape index (κ2) is 29.8. The molecule has 10 heteroatoms. The zero-order valence-corrected chi connectivity index (χ0v) is 27.6. The maximum Gasteiger partial charge on any atom is 0.472 e. The third-order valence-electron chi connectivity index (χ3n) is 6.90. The monoisotopic (exact) mass is 619 g/mol. The Hall–Kier alpha value is -1.25. The number of hydrogen-bond acceptors (Lipinski definition) is 8. The number of unbranched alkanes of at least 4 members (excludes halogenated alkanes) is 16.